The molecule has 14 heteroatoms. The summed E-state index contributed by atoms with van der Waals surface area (Å²) < 4.78 is 48.5. The number of likely N-dealkylation sites (tertiary alicyclic amines) is 1. The molecule has 7 rings (SSSR count). The van der Waals surface area contributed by atoms with Gasteiger partial charge in [-0.3, -0.25) is 19.8 Å². The maximum absolute atomic E-state index is 15.4. The third-order valence-electron chi connectivity index (χ3n) is 10.8. The van der Waals surface area contributed by atoms with Gasteiger partial charge in [-0.05, 0) is 132 Å². The molecule has 2 aliphatic rings. The average Bonchev–Trinajstić information content (AvgIpc) is 3.62. The van der Waals surface area contributed by atoms with Crippen LogP contribution in [0.15, 0.2) is 72.8 Å². The monoisotopic (exact) mass is 839 g/mol. The standard InChI is InChI=1S/C46H51F2N5O6S/c1-6-57-40(54)27-52-22-19-30(20-23-52)25-46(47,48)28-58-37-15-10-12-32(29(37)2)33-17-18-39(50-41(33)43(56)59-45(3,4)5)53-24-21-31-11-9-13-34(35(31)26-53)42(55)51-44-49-36-14-7-8-16-38(36)60-44/h7-18,30H,6,19-28H2,1-5H3,(H,49,51,55). The van der Waals surface area contributed by atoms with E-state index < -0.39 is 24.1 Å². The van der Waals surface area contributed by atoms with Crippen LogP contribution < -0.4 is 15.0 Å². The number of carbonyl (C=O) groups excluding carboxylic acids is 3. The van der Waals surface area contributed by atoms with Crippen molar-refractivity contribution in [2.45, 2.75) is 78.4 Å². The summed E-state index contributed by atoms with van der Waals surface area (Å²) in [7, 11) is 0. The van der Waals surface area contributed by atoms with Crippen molar-refractivity contribution in [1.29, 1.82) is 0 Å². The summed E-state index contributed by atoms with van der Waals surface area (Å²) in [6.07, 6.45) is 1.46. The number of nitrogens with one attached hydrogen (secondary N) is 1. The summed E-state index contributed by atoms with van der Waals surface area (Å²) in [6, 6.07) is 22.2. The van der Waals surface area contributed by atoms with Crippen LogP contribution in [0.2, 0.25) is 0 Å². The molecule has 60 heavy (non-hydrogen) atoms. The van der Waals surface area contributed by atoms with Gasteiger partial charge in [-0.15, -0.1) is 0 Å². The predicted octanol–water partition coefficient (Wildman–Crippen LogP) is 9.12. The molecular formula is C46H51F2N5O6S. The molecule has 1 saturated heterocycles. The highest BCUT2D eigenvalue weighted by Crippen LogP contribution is 2.37. The summed E-state index contributed by atoms with van der Waals surface area (Å²) >= 11 is 1.42. The number of pyridine rings is 1. The van der Waals surface area contributed by atoms with Gasteiger partial charge in [0.25, 0.3) is 11.8 Å². The van der Waals surface area contributed by atoms with Crippen molar-refractivity contribution < 1.29 is 37.4 Å². The Labute approximate surface area is 353 Å². The SMILES string of the molecule is CCOC(=O)CN1CCC(CC(F)(F)COc2cccc(-c3ccc(N4CCc5cccc(C(=O)Nc6nc7ccccc7s6)c5C4)nc3C(=O)OC(C)(C)C)c2C)CC1. The molecule has 1 amide bonds. The number of nitrogens with zero attached hydrogens (tertiary/aromatic N) is 4. The second kappa shape index (κ2) is 18.0. The zero-order valence-electron chi connectivity index (χ0n) is 34.7. The summed E-state index contributed by atoms with van der Waals surface area (Å²) in [6.45, 7) is 10.6. The first-order valence-corrected chi connectivity index (χ1v) is 21.2. The number of fused-ring (bicyclic) bond motifs is 2. The van der Waals surface area contributed by atoms with Gasteiger partial charge < -0.3 is 19.1 Å². The molecule has 2 aromatic heterocycles. The fourth-order valence-electron chi connectivity index (χ4n) is 7.87. The summed E-state index contributed by atoms with van der Waals surface area (Å²) in [5.41, 5.74) is 4.20. The Hall–Kier alpha value is -5.47. The van der Waals surface area contributed by atoms with Crippen molar-refractivity contribution >= 4 is 50.3 Å². The van der Waals surface area contributed by atoms with Crippen LogP contribution >= 0.6 is 11.3 Å². The highest BCUT2D eigenvalue weighted by atomic mass is 32.1. The van der Waals surface area contributed by atoms with E-state index in [1.54, 1.807) is 58.9 Å². The van der Waals surface area contributed by atoms with Crippen LogP contribution in [-0.4, -0.2) is 83.6 Å². The van der Waals surface area contributed by atoms with E-state index in [1.807, 2.05) is 58.3 Å². The first-order chi connectivity index (χ1) is 28.7. The van der Waals surface area contributed by atoms with Crippen LogP contribution in [0.4, 0.5) is 19.7 Å². The highest BCUT2D eigenvalue weighted by molar-refractivity contribution is 7.22. The number of rotatable bonds is 13. The number of halogens is 2. The second-order valence-corrected chi connectivity index (χ2v) is 17.5. The molecule has 0 saturated carbocycles. The number of aromatic nitrogens is 2. The number of para-hydroxylation sites is 1. The van der Waals surface area contributed by atoms with Gasteiger partial charge in [-0.1, -0.05) is 47.7 Å². The maximum Gasteiger partial charge on any atom is 0.358 e. The van der Waals surface area contributed by atoms with Crippen LogP contribution in [-0.2, 0) is 27.2 Å². The zero-order chi connectivity index (χ0) is 42.6. The van der Waals surface area contributed by atoms with E-state index in [0.29, 0.717) is 85.3 Å². The number of benzene rings is 3. The van der Waals surface area contributed by atoms with Gasteiger partial charge in [-0.2, -0.15) is 0 Å². The Morgan fingerprint density at radius 1 is 0.917 bits per heavy atom. The van der Waals surface area contributed by atoms with Gasteiger partial charge in [0.15, 0.2) is 17.4 Å². The minimum absolute atomic E-state index is 0.0787. The molecule has 1 N–H and O–H groups in total. The third kappa shape index (κ3) is 10.3. The fourth-order valence-corrected chi connectivity index (χ4v) is 8.73. The van der Waals surface area contributed by atoms with Crippen molar-refractivity contribution in [2.24, 2.45) is 5.92 Å². The first kappa shape index (κ1) is 42.6. The number of thiazole rings is 1. The number of piperidine rings is 1. The molecule has 5 aromatic rings. The summed E-state index contributed by atoms with van der Waals surface area (Å²) in [4.78, 5) is 52.9. The number of alkyl halides is 2. The number of hydrogen-bond acceptors (Lipinski definition) is 11. The zero-order valence-corrected chi connectivity index (χ0v) is 35.5. The molecule has 0 unspecified atom stereocenters. The van der Waals surface area contributed by atoms with E-state index in [0.717, 1.165) is 21.3 Å². The molecular weight excluding hydrogens is 789 g/mol. The molecule has 0 atom stereocenters. The largest absolute Gasteiger partial charge is 0.487 e. The number of hydrogen-bond donors (Lipinski definition) is 1. The lowest BCUT2D eigenvalue weighted by molar-refractivity contribution is -0.145. The maximum atomic E-state index is 15.4. The molecule has 0 radical (unpaired) electrons. The third-order valence-corrected chi connectivity index (χ3v) is 11.7. The Morgan fingerprint density at radius 2 is 1.68 bits per heavy atom. The van der Waals surface area contributed by atoms with E-state index in [4.69, 9.17) is 19.2 Å². The van der Waals surface area contributed by atoms with Crippen molar-refractivity contribution in [3.8, 4) is 16.9 Å². The van der Waals surface area contributed by atoms with Crippen molar-refractivity contribution in [1.82, 2.24) is 14.9 Å². The van der Waals surface area contributed by atoms with Gasteiger partial charge in [0, 0.05) is 30.6 Å². The Bertz CT molecular complexity index is 2340. The number of amides is 1. The van der Waals surface area contributed by atoms with Gasteiger partial charge >= 0.3 is 11.9 Å². The molecule has 11 nitrogen and oxygen atoms in total. The minimum atomic E-state index is -3.08. The Morgan fingerprint density at radius 3 is 2.43 bits per heavy atom. The smallest absolute Gasteiger partial charge is 0.358 e. The topological polar surface area (TPSA) is 123 Å². The van der Waals surface area contributed by atoms with E-state index in [1.165, 1.54) is 11.3 Å². The van der Waals surface area contributed by atoms with E-state index in [9.17, 15) is 14.4 Å². The summed E-state index contributed by atoms with van der Waals surface area (Å²) in [5.74, 6) is -3.65. The second-order valence-electron chi connectivity index (χ2n) is 16.4. The molecule has 2 aliphatic heterocycles. The van der Waals surface area contributed by atoms with Crippen LogP contribution in [0.5, 0.6) is 5.75 Å². The molecule has 4 heterocycles. The van der Waals surface area contributed by atoms with Crippen molar-refractivity contribution in [2.75, 3.05) is 49.6 Å². The van der Waals surface area contributed by atoms with E-state index >= 15 is 8.78 Å². The average molecular weight is 840 g/mol. The van der Waals surface area contributed by atoms with Gasteiger partial charge in [0.1, 0.15) is 17.2 Å². The summed E-state index contributed by atoms with van der Waals surface area (Å²) in [5, 5.41) is 3.50. The number of ether oxygens (including phenoxy) is 3. The number of esters is 2. The van der Waals surface area contributed by atoms with Crippen molar-refractivity contribution in [3.63, 3.8) is 0 Å². The van der Waals surface area contributed by atoms with Crippen LogP contribution in [0, 0.1) is 12.8 Å². The highest BCUT2D eigenvalue weighted by Gasteiger charge is 2.36. The lowest BCUT2D eigenvalue weighted by Crippen LogP contribution is -2.40. The number of anilines is 2. The number of carbonyl (C=O) groups is 3. The molecule has 3 aromatic carbocycles. The molecule has 316 valence electrons. The minimum Gasteiger partial charge on any atom is -0.487 e. The van der Waals surface area contributed by atoms with Crippen LogP contribution in [0.1, 0.15) is 84.5 Å². The van der Waals surface area contributed by atoms with Crippen LogP contribution in [0.25, 0.3) is 21.3 Å². The lowest BCUT2D eigenvalue weighted by atomic mass is 9.91. The van der Waals surface area contributed by atoms with Gasteiger partial charge in [0.2, 0.25) is 0 Å². The molecule has 1 fully saturated rings. The molecule has 0 bridgehead atoms. The van der Waals surface area contributed by atoms with Gasteiger partial charge in [-0.25, -0.2) is 23.5 Å². The quantitative estimate of drug-likeness (QED) is 0.115. The normalized spacial score (nSPS) is 15.1. The van der Waals surface area contributed by atoms with Crippen molar-refractivity contribution in [3.05, 3.63) is 101 Å². The predicted molar refractivity (Wildman–Crippen MR) is 229 cm³/mol. The first-order valence-electron chi connectivity index (χ1n) is 20.4. The van der Waals surface area contributed by atoms with Gasteiger partial charge in [0.05, 0.1) is 23.4 Å². The van der Waals surface area contributed by atoms with Crippen LogP contribution in [0.3, 0.4) is 0 Å². The molecule has 0 spiro atoms. The fraction of sp³-hybridized carbons (Fsp3) is 0.413. The van der Waals surface area contributed by atoms with E-state index in [2.05, 4.69) is 10.3 Å². The Kier molecular flexibility index (Phi) is 12.8. The molecule has 0 aliphatic carbocycles. The van der Waals surface area contributed by atoms with E-state index in [-0.39, 0.29) is 42.2 Å². The Balaban J connectivity index is 1.08. The lowest BCUT2D eigenvalue weighted by Gasteiger charge is -2.33.